The topological polar surface area (TPSA) is 79.0 Å². The molecule has 2 heterocycles. The van der Waals surface area contributed by atoms with Crippen LogP contribution < -0.4 is 19.9 Å². The maximum Gasteiger partial charge on any atom is 0.265 e. The smallest absolute Gasteiger partial charge is 0.265 e. The average Bonchev–Trinajstić information content (AvgIpc) is 3.28. The fraction of sp³-hybridized carbons (Fsp3) is 0.192. The molecule has 0 radical (unpaired) electrons. The molecule has 2 aliphatic heterocycles. The number of anilines is 2. The Morgan fingerprint density at radius 2 is 1.79 bits per heavy atom. The van der Waals surface area contributed by atoms with E-state index in [0.717, 1.165) is 23.2 Å². The molecule has 3 aromatic carbocycles. The highest BCUT2D eigenvalue weighted by molar-refractivity contribution is 6.30. The summed E-state index contributed by atoms with van der Waals surface area (Å²) in [7, 11) is 0. The number of nitrogens with zero attached hydrogens (tertiary/aromatic N) is 2. The largest absolute Gasteiger partial charge is 0.482 e. The number of amides is 3. The maximum absolute atomic E-state index is 12.9. The van der Waals surface area contributed by atoms with E-state index in [-0.39, 0.29) is 30.9 Å². The van der Waals surface area contributed by atoms with E-state index in [2.05, 4.69) is 5.32 Å². The minimum absolute atomic E-state index is 0.0630. The second-order valence-electron chi connectivity index (χ2n) is 8.19. The van der Waals surface area contributed by atoms with Crippen molar-refractivity contribution in [1.29, 1.82) is 0 Å². The first-order valence-electron chi connectivity index (χ1n) is 11.0. The van der Waals surface area contributed by atoms with Gasteiger partial charge in [-0.2, -0.15) is 0 Å². The number of carbonyl (C=O) groups excluding carboxylic acids is 3. The SMILES string of the molecule is O=C(CN1C(=O)COc2ccccc21)NCc1ccc2c(c1)CCN2C(=O)c1ccc(Cl)cc1. The molecule has 5 rings (SSSR count). The van der Waals surface area contributed by atoms with E-state index >= 15 is 0 Å². The monoisotopic (exact) mass is 475 g/mol. The van der Waals surface area contributed by atoms with Crippen LogP contribution in [-0.2, 0) is 22.6 Å². The van der Waals surface area contributed by atoms with Gasteiger partial charge < -0.3 is 15.0 Å². The van der Waals surface area contributed by atoms with Crippen LogP contribution in [0, 0.1) is 0 Å². The van der Waals surface area contributed by atoms with Crippen LogP contribution in [0.2, 0.25) is 5.02 Å². The number of nitrogens with one attached hydrogen (secondary N) is 1. The van der Waals surface area contributed by atoms with E-state index in [1.54, 1.807) is 47.4 Å². The molecule has 0 saturated carbocycles. The molecule has 34 heavy (non-hydrogen) atoms. The summed E-state index contributed by atoms with van der Waals surface area (Å²) in [6.07, 6.45) is 0.746. The molecule has 0 bridgehead atoms. The average molecular weight is 476 g/mol. The zero-order chi connectivity index (χ0) is 23.7. The lowest BCUT2D eigenvalue weighted by Gasteiger charge is -2.28. The van der Waals surface area contributed by atoms with Crippen LogP contribution in [0.15, 0.2) is 66.7 Å². The fourth-order valence-corrected chi connectivity index (χ4v) is 4.38. The summed E-state index contributed by atoms with van der Waals surface area (Å²) >= 11 is 5.93. The second-order valence-corrected chi connectivity index (χ2v) is 8.63. The Morgan fingerprint density at radius 3 is 2.62 bits per heavy atom. The predicted octanol–water partition coefficient (Wildman–Crippen LogP) is 3.58. The summed E-state index contributed by atoms with van der Waals surface area (Å²) in [5.74, 6) is 0.0140. The third kappa shape index (κ3) is 4.34. The van der Waals surface area contributed by atoms with Gasteiger partial charge in [-0.1, -0.05) is 35.9 Å². The highest BCUT2D eigenvalue weighted by Crippen LogP contribution is 2.32. The van der Waals surface area contributed by atoms with Gasteiger partial charge in [-0.3, -0.25) is 19.3 Å². The molecule has 1 N–H and O–H groups in total. The Labute approximate surface area is 201 Å². The lowest BCUT2D eigenvalue weighted by atomic mass is 10.1. The Kier molecular flexibility index (Phi) is 5.94. The quantitative estimate of drug-likeness (QED) is 0.611. The van der Waals surface area contributed by atoms with Crippen LogP contribution in [0.5, 0.6) is 5.75 Å². The summed E-state index contributed by atoms with van der Waals surface area (Å²) in [5.41, 5.74) is 4.06. The fourth-order valence-electron chi connectivity index (χ4n) is 4.25. The van der Waals surface area contributed by atoms with E-state index < -0.39 is 0 Å². The first kappa shape index (κ1) is 22.0. The lowest BCUT2D eigenvalue weighted by Crippen LogP contribution is -2.45. The van der Waals surface area contributed by atoms with Gasteiger partial charge in [-0.05, 0) is 60.0 Å². The Balaban J connectivity index is 1.22. The van der Waals surface area contributed by atoms with Crippen molar-refractivity contribution in [2.24, 2.45) is 0 Å². The van der Waals surface area contributed by atoms with Crippen molar-refractivity contribution in [3.63, 3.8) is 0 Å². The van der Waals surface area contributed by atoms with Crippen LogP contribution in [0.25, 0.3) is 0 Å². The lowest BCUT2D eigenvalue weighted by molar-refractivity contribution is -0.125. The first-order chi connectivity index (χ1) is 16.5. The molecule has 7 nitrogen and oxygen atoms in total. The zero-order valence-corrected chi connectivity index (χ0v) is 19.0. The van der Waals surface area contributed by atoms with E-state index in [4.69, 9.17) is 16.3 Å². The molecule has 3 amide bonds. The summed E-state index contributed by atoms with van der Waals surface area (Å²) in [5, 5.41) is 3.48. The highest BCUT2D eigenvalue weighted by Gasteiger charge is 2.28. The summed E-state index contributed by atoms with van der Waals surface area (Å²) in [6, 6.07) is 19.9. The number of ether oxygens (including phenoxy) is 1. The minimum Gasteiger partial charge on any atom is -0.482 e. The third-order valence-electron chi connectivity index (χ3n) is 5.98. The minimum atomic E-state index is -0.259. The van der Waals surface area contributed by atoms with E-state index in [1.165, 1.54) is 4.90 Å². The molecule has 0 aromatic heterocycles. The van der Waals surface area contributed by atoms with Gasteiger partial charge in [0.25, 0.3) is 11.8 Å². The second kappa shape index (κ2) is 9.19. The number of hydrogen-bond donors (Lipinski definition) is 1. The Morgan fingerprint density at radius 1 is 1.00 bits per heavy atom. The van der Waals surface area contributed by atoms with Crippen LogP contribution in [0.3, 0.4) is 0 Å². The summed E-state index contributed by atoms with van der Waals surface area (Å²) in [6.45, 7) is 0.774. The molecule has 0 unspecified atom stereocenters. The standard InChI is InChI=1S/C26H22ClN3O4/c27-20-8-6-18(7-9-20)26(33)29-12-11-19-13-17(5-10-21(19)29)14-28-24(31)15-30-22-3-1-2-4-23(22)34-16-25(30)32/h1-10,13H,11-12,14-16H2,(H,28,31). The Hall–Kier alpha value is -3.84. The van der Waals surface area contributed by atoms with E-state index in [9.17, 15) is 14.4 Å². The van der Waals surface area contributed by atoms with Crippen molar-refractivity contribution in [1.82, 2.24) is 5.32 Å². The summed E-state index contributed by atoms with van der Waals surface area (Å²) < 4.78 is 5.42. The van der Waals surface area contributed by atoms with Gasteiger partial charge in [-0.25, -0.2) is 0 Å². The molecule has 0 spiro atoms. The van der Waals surface area contributed by atoms with Gasteiger partial charge in [0.2, 0.25) is 5.91 Å². The molecule has 0 atom stereocenters. The van der Waals surface area contributed by atoms with Crippen LogP contribution in [-0.4, -0.2) is 37.4 Å². The number of rotatable bonds is 5. The molecule has 172 valence electrons. The summed E-state index contributed by atoms with van der Waals surface area (Å²) in [4.78, 5) is 41.0. The van der Waals surface area contributed by atoms with Crippen molar-refractivity contribution in [2.75, 3.05) is 29.5 Å². The number of carbonyl (C=O) groups is 3. The van der Waals surface area contributed by atoms with Crippen LogP contribution in [0.1, 0.15) is 21.5 Å². The van der Waals surface area contributed by atoms with Crippen LogP contribution >= 0.6 is 11.6 Å². The van der Waals surface area contributed by atoms with Crippen molar-refractivity contribution >= 4 is 40.7 Å². The van der Waals surface area contributed by atoms with Gasteiger partial charge in [-0.15, -0.1) is 0 Å². The number of benzene rings is 3. The van der Waals surface area contributed by atoms with Crippen molar-refractivity contribution < 1.29 is 19.1 Å². The molecule has 0 saturated heterocycles. The molecule has 2 aliphatic rings. The van der Waals surface area contributed by atoms with Gasteiger partial charge in [0.05, 0.1) is 5.69 Å². The molecular weight excluding hydrogens is 454 g/mol. The van der Waals surface area contributed by atoms with E-state index in [0.29, 0.717) is 35.1 Å². The zero-order valence-electron chi connectivity index (χ0n) is 18.3. The van der Waals surface area contributed by atoms with E-state index in [1.807, 2.05) is 24.3 Å². The number of halogens is 1. The van der Waals surface area contributed by atoms with Gasteiger partial charge in [0.1, 0.15) is 12.3 Å². The predicted molar refractivity (Wildman–Crippen MR) is 129 cm³/mol. The normalized spacial score (nSPS) is 14.3. The van der Waals surface area contributed by atoms with Gasteiger partial charge >= 0.3 is 0 Å². The van der Waals surface area contributed by atoms with Gasteiger partial charge in [0, 0.05) is 29.4 Å². The molecule has 8 heteroatoms. The number of fused-ring (bicyclic) bond motifs is 2. The number of para-hydroxylation sites is 2. The van der Waals surface area contributed by atoms with Crippen LogP contribution in [0.4, 0.5) is 11.4 Å². The molecular formula is C26H22ClN3O4. The first-order valence-corrected chi connectivity index (χ1v) is 11.4. The molecule has 3 aromatic rings. The van der Waals surface area contributed by atoms with Crippen molar-refractivity contribution in [2.45, 2.75) is 13.0 Å². The third-order valence-corrected chi connectivity index (χ3v) is 6.23. The molecule has 0 aliphatic carbocycles. The van der Waals surface area contributed by atoms with Gasteiger partial charge in [0.15, 0.2) is 6.61 Å². The highest BCUT2D eigenvalue weighted by atomic mass is 35.5. The number of hydrogen-bond acceptors (Lipinski definition) is 4. The van der Waals surface area contributed by atoms with Crippen molar-refractivity contribution in [3.05, 3.63) is 88.4 Å². The maximum atomic E-state index is 12.9. The molecule has 0 fully saturated rings. The Bertz CT molecular complexity index is 1280. The van der Waals surface area contributed by atoms with Crippen molar-refractivity contribution in [3.8, 4) is 5.75 Å².